The summed E-state index contributed by atoms with van der Waals surface area (Å²) in [6, 6.07) is 27.0. The van der Waals surface area contributed by atoms with E-state index in [9.17, 15) is 0 Å². The van der Waals surface area contributed by atoms with Crippen molar-refractivity contribution < 1.29 is 4.74 Å². The molecule has 1 fully saturated rings. The Morgan fingerprint density at radius 2 is 1.59 bits per heavy atom. The van der Waals surface area contributed by atoms with Gasteiger partial charge in [-0.3, -0.25) is 9.80 Å². The van der Waals surface area contributed by atoms with Crippen molar-refractivity contribution in [2.45, 2.75) is 13.1 Å². The summed E-state index contributed by atoms with van der Waals surface area (Å²) in [5.41, 5.74) is 3.49. The average Bonchev–Trinajstić information content (AvgIpc) is 3.25. The van der Waals surface area contributed by atoms with Crippen LogP contribution in [0.25, 0.3) is 10.2 Å². The highest BCUT2D eigenvalue weighted by Gasteiger charge is 2.30. The molecule has 1 saturated heterocycles. The maximum absolute atomic E-state index is 5.97. The summed E-state index contributed by atoms with van der Waals surface area (Å²) < 4.78 is 6.48. The number of aromatic nitrogens is 1. The van der Waals surface area contributed by atoms with Gasteiger partial charge in [0.05, 0.1) is 30.7 Å². The topological polar surface area (TPSA) is 31.8 Å². The maximum Gasteiger partial charge on any atom is 0.193 e. The maximum atomic E-state index is 5.97. The van der Waals surface area contributed by atoms with Gasteiger partial charge >= 0.3 is 0 Å². The summed E-state index contributed by atoms with van der Waals surface area (Å²) in [6.45, 7) is 3.10. The average molecular weight is 461 g/mol. The molecule has 0 atom stereocenters. The zero-order chi connectivity index (χ0) is 21.9. The van der Waals surface area contributed by atoms with E-state index in [1.54, 1.807) is 18.4 Å². The molecule has 4 aromatic rings. The van der Waals surface area contributed by atoms with Crippen molar-refractivity contribution in [3.63, 3.8) is 0 Å². The minimum Gasteiger partial charge on any atom is -0.497 e. The number of hydrogen-bond acceptors (Lipinski definition) is 5. The van der Waals surface area contributed by atoms with E-state index < -0.39 is 0 Å². The highest BCUT2D eigenvalue weighted by molar-refractivity contribution is 7.80. The lowest BCUT2D eigenvalue weighted by molar-refractivity contribution is 0.156. The zero-order valence-electron chi connectivity index (χ0n) is 17.8. The van der Waals surface area contributed by atoms with Crippen LogP contribution in [0.15, 0.2) is 78.9 Å². The van der Waals surface area contributed by atoms with E-state index in [2.05, 4.69) is 69.3 Å². The minimum absolute atomic E-state index is 0.704. The quantitative estimate of drug-likeness (QED) is 0.362. The van der Waals surface area contributed by atoms with Gasteiger partial charge in [-0.2, -0.15) is 0 Å². The smallest absolute Gasteiger partial charge is 0.193 e. The van der Waals surface area contributed by atoms with Crippen LogP contribution >= 0.6 is 23.6 Å². The van der Waals surface area contributed by atoms with Crippen LogP contribution in [-0.2, 0) is 13.1 Å². The molecular weight excluding hydrogens is 436 g/mol. The van der Waals surface area contributed by atoms with Crippen molar-refractivity contribution in [3.05, 3.63) is 90.0 Å². The predicted molar refractivity (Wildman–Crippen MR) is 135 cm³/mol. The molecule has 0 aliphatic carbocycles. The molecule has 2 heterocycles. The Hall–Kier alpha value is -3.00. The highest BCUT2D eigenvalue weighted by Crippen LogP contribution is 2.33. The number of rotatable bonds is 6. The molecule has 32 heavy (non-hydrogen) atoms. The molecule has 5 nitrogen and oxygen atoms in total. The predicted octanol–water partition coefficient (Wildman–Crippen LogP) is 5.33. The first-order valence-corrected chi connectivity index (χ1v) is 11.7. The van der Waals surface area contributed by atoms with E-state index in [0.717, 1.165) is 46.0 Å². The van der Waals surface area contributed by atoms with Crippen LogP contribution in [0, 0.1) is 0 Å². The molecule has 162 valence electrons. The van der Waals surface area contributed by atoms with E-state index >= 15 is 0 Å². The molecule has 0 spiro atoms. The first-order valence-electron chi connectivity index (χ1n) is 10.5. The van der Waals surface area contributed by atoms with Gasteiger partial charge in [0.25, 0.3) is 0 Å². The molecule has 0 saturated carbocycles. The number of fused-ring (bicyclic) bond motifs is 1. The molecule has 0 unspecified atom stereocenters. The Morgan fingerprint density at radius 3 is 2.28 bits per heavy atom. The summed E-state index contributed by atoms with van der Waals surface area (Å²) in [7, 11) is 1.69. The van der Waals surface area contributed by atoms with Gasteiger partial charge in [-0.1, -0.05) is 72.0 Å². The van der Waals surface area contributed by atoms with Crippen LogP contribution in [-0.4, -0.2) is 40.3 Å². The van der Waals surface area contributed by atoms with Gasteiger partial charge in [-0.15, -0.1) is 0 Å². The summed E-state index contributed by atoms with van der Waals surface area (Å²) in [5, 5.41) is 1.72. The summed E-state index contributed by atoms with van der Waals surface area (Å²) in [6.07, 6.45) is 0. The van der Waals surface area contributed by atoms with Crippen LogP contribution in [0.3, 0.4) is 0 Å². The van der Waals surface area contributed by atoms with Gasteiger partial charge in [-0.25, -0.2) is 4.98 Å². The van der Waals surface area contributed by atoms with Crippen molar-refractivity contribution in [1.29, 1.82) is 0 Å². The number of ether oxygens (including phenoxy) is 1. The van der Waals surface area contributed by atoms with Gasteiger partial charge in [-0.05, 0) is 41.5 Å². The summed E-state index contributed by atoms with van der Waals surface area (Å²) in [4.78, 5) is 11.7. The Kier molecular flexibility index (Phi) is 6.03. The van der Waals surface area contributed by atoms with E-state index in [0.29, 0.717) is 6.67 Å². The largest absolute Gasteiger partial charge is 0.497 e. The van der Waals surface area contributed by atoms with E-state index in [1.165, 1.54) is 11.1 Å². The van der Waals surface area contributed by atoms with Crippen LogP contribution in [0.5, 0.6) is 5.75 Å². The van der Waals surface area contributed by atoms with E-state index in [1.807, 2.05) is 24.3 Å². The summed E-state index contributed by atoms with van der Waals surface area (Å²) >= 11 is 7.62. The number of thiazole rings is 1. The molecule has 0 radical (unpaired) electrons. The van der Waals surface area contributed by atoms with Crippen LogP contribution in [0.4, 0.5) is 5.13 Å². The van der Waals surface area contributed by atoms with Crippen molar-refractivity contribution in [3.8, 4) is 5.75 Å². The lowest BCUT2D eigenvalue weighted by Crippen LogP contribution is -2.57. The van der Waals surface area contributed by atoms with Gasteiger partial charge in [0, 0.05) is 13.1 Å². The lowest BCUT2D eigenvalue weighted by Gasteiger charge is -2.43. The number of benzene rings is 3. The second kappa shape index (κ2) is 9.24. The molecule has 1 aromatic heterocycles. The Labute approximate surface area is 197 Å². The zero-order valence-corrected chi connectivity index (χ0v) is 19.5. The highest BCUT2D eigenvalue weighted by atomic mass is 32.1. The second-order valence-electron chi connectivity index (χ2n) is 7.82. The van der Waals surface area contributed by atoms with Gasteiger partial charge in [0.1, 0.15) is 5.75 Å². The fourth-order valence-electron chi connectivity index (χ4n) is 3.92. The third kappa shape index (κ3) is 4.46. The van der Waals surface area contributed by atoms with Crippen molar-refractivity contribution in [1.82, 2.24) is 14.8 Å². The molecule has 0 N–H and O–H groups in total. The second-order valence-corrected chi connectivity index (χ2v) is 9.20. The molecular formula is C25H24N4OS2. The SMILES string of the molecule is COc1ccc2nc(N3CN(Cc4ccccc4)CN(Cc4ccccc4)C3=S)sc2c1. The number of anilines is 1. The molecule has 1 aliphatic rings. The van der Waals surface area contributed by atoms with Gasteiger partial charge < -0.3 is 9.64 Å². The lowest BCUT2D eigenvalue weighted by atomic mass is 10.2. The van der Waals surface area contributed by atoms with Crippen LogP contribution in [0.2, 0.25) is 0 Å². The molecule has 0 bridgehead atoms. The van der Waals surface area contributed by atoms with Crippen molar-refractivity contribution in [2.24, 2.45) is 0 Å². The third-order valence-electron chi connectivity index (χ3n) is 5.49. The number of thiocarbonyl (C=S) groups is 1. The van der Waals surface area contributed by atoms with Crippen molar-refractivity contribution in [2.75, 3.05) is 25.3 Å². The normalized spacial score (nSPS) is 14.8. The van der Waals surface area contributed by atoms with Crippen LogP contribution < -0.4 is 9.64 Å². The van der Waals surface area contributed by atoms with Crippen LogP contribution in [0.1, 0.15) is 11.1 Å². The van der Waals surface area contributed by atoms with E-state index in [4.69, 9.17) is 21.9 Å². The standard InChI is InChI=1S/C25H24N4OS2/c1-30-21-12-13-22-23(14-21)32-24(26-22)29-18-27(15-19-8-4-2-5-9-19)17-28(25(29)31)16-20-10-6-3-7-11-20/h2-14H,15-18H2,1H3. The molecule has 1 aliphatic heterocycles. The number of methoxy groups -OCH3 is 1. The fraction of sp³-hybridized carbons (Fsp3) is 0.200. The Balaban J connectivity index is 1.46. The van der Waals surface area contributed by atoms with E-state index in [-0.39, 0.29) is 0 Å². The molecule has 3 aromatic carbocycles. The fourth-order valence-corrected chi connectivity index (χ4v) is 5.23. The monoisotopic (exact) mass is 460 g/mol. The van der Waals surface area contributed by atoms with Gasteiger partial charge in [0.15, 0.2) is 10.2 Å². The summed E-state index contributed by atoms with van der Waals surface area (Å²) in [5.74, 6) is 0.838. The third-order valence-corrected chi connectivity index (χ3v) is 7.01. The number of hydrogen-bond donors (Lipinski definition) is 0. The Bertz CT molecular complexity index is 1210. The van der Waals surface area contributed by atoms with Gasteiger partial charge in [0.2, 0.25) is 0 Å². The molecule has 7 heteroatoms. The number of nitrogens with zero attached hydrogens (tertiary/aromatic N) is 4. The van der Waals surface area contributed by atoms with Crippen molar-refractivity contribution >= 4 is 44.0 Å². The Morgan fingerprint density at radius 1 is 0.906 bits per heavy atom. The molecule has 5 rings (SSSR count). The first kappa shape index (κ1) is 20.9. The molecule has 0 amide bonds. The minimum atomic E-state index is 0.704. The first-order chi connectivity index (χ1) is 15.7.